The Hall–Kier alpha value is -1.75. The molecular weight excluding hydrogens is 240 g/mol. The minimum atomic E-state index is -0.00199. The van der Waals surface area contributed by atoms with Crippen LogP contribution >= 0.6 is 0 Å². The highest BCUT2D eigenvalue weighted by molar-refractivity contribution is 6.00. The van der Waals surface area contributed by atoms with Crippen molar-refractivity contribution < 1.29 is 4.79 Å². The van der Waals surface area contributed by atoms with E-state index in [9.17, 15) is 4.79 Å². The Morgan fingerprint density at radius 1 is 1.11 bits per heavy atom. The predicted octanol–water partition coefficient (Wildman–Crippen LogP) is 0.968. The molecule has 1 aromatic carbocycles. The van der Waals surface area contributed by atoms with Crippen LogP contribution in [-0.4, -0.2) is 64.0 Å². The molecule has 0 saturated carbocycles. The molecule has 0 fully saturated rings. The van der Waals surface area contributed by atoms with E-state index in [1.165, 1.54) is 0 Å². The number of anilines is 2. The van der Waals surface area contributed by atoms with Gasteiger partial charge in [0.1, 0.15) is 0 Å². The van der Waals surface area contributed by atoms with Crippen molar-refractivity contribution in [1.29, 1.82) is 0 Å². The quantitative estimate of drug-likeness (QED) is 0.805. The van der Waals surface area contributed by atoms with Crippen LogP contribution in [0.25, 0.3) is 0 Å². The van der Waals surface area contributed by atoms with Crippen LogP contribution in [0.2, 0.25) is 0 Å². The number of carbonyl (C=O) groups excluding carboxylic acids is 1. The second-order valence-corrected chi connectivity index (χ2v) is 5.20. The molecule has 0 aromatic heterocycles. The number of amides is 1. The molecule has 0 aliphatic heterocycles. The normalized spacial score (nSPS) is 10.6. The van der Waals surface area contributed by atoms with Crippen LogP contribution in [0.5, 0.6) is 0 Å². The highest BCUT2D eigenvalue weighted by atomic mass is 16.2. The van der Waals surface area contributed by atoms with Gasteiger partial charge in [0.05, 0.1) is 5.56 Å². The Bertz CT molecular complexity index is 443. The highest BCUT2D eigenvalue weighted by Crippen LogP contribution is 2.22. The minimum Gasteiger partial charge on any atom is -0.399 e. The van der Waals surface area contributed by atoms with Crippen molar-refractivity contribution in [3.63, 3.8) is 0 Å². The third-order valence-electron chi connectivity index (χ3n) is 2.96. The summed E-state index contributed by atoms with van der Waals surface area (Å²) in [5.41, 5.74) is 7.93. The van der Waals surface area contributed by atoms with Crippen molar-refractivity contribution in [2.45, 2.75) is 0 Å². The summed E-state index contributed by atoms with van der Waals surface area (Å²) in [5.74, 6) is -0.00199. The zero-order valence-electron chi connectivity index (χ0n) is 12.5. The Morgan fingerprint density at radius 2 is 1.74 bits per heavy atom. The van der Waals surface area contributed by atoms with Crippen molar-refractivity contribution in [3.8, 4) is 0 Å². The Kier molecular flexibility index (Phi) is 5.18. The van der Waals surface area contributed by atoms with Gasteiger partial charge < -0.3 is 20.4 Å². The molecule has 5 heteroatoms. The SMILES string of the molecule is CN(C)CCN(C)C(=O)c1cc(N)ccc1N(C)C. The van der Waals surface area contributed by atoms with Crippen LogP contribution in [0.15, 0.2) is 18.2 Å². The van der Waals surface area contributed by atoms with E-state index >= 15 is 0 Å². The topological polar surface area (TPSA) is 52.8 Å². The summed E-state index contributed by atoms with van der Waals surface area (Å²) in [6.45, 7) is 1.52. The molecule has 0 atom stereocenters. The van der Waals surface area contributed by atoms with Crippen molar-refractivity contribution in [2.24, 2.45) is 0 Å². The molecule has 1 amide bonds. The van der Waals surface area contributed by atoms with Crippen LogP contribution in [-0.2, 0) is 0 Å². The molecule has 1 aromatic rings. The maximum atomic E-state index is 12.5. The lowest BCUT2D eigenvalue weighted by molar-refractivity contribution is 0.0787. The van der Waals surface area contributed by atoms with Gasteiger partial charge in [-0.2, -0.15) is 0 Å². The first-order chi connectivity index (χ1) is 8.82. The van der Waals surface area contributed by atoms with E-state index in [1.807, 2.05) is 52.3 Å². The van der Waals surface area contributed by atoms with Gasteiger partial charge in [-0.3, -0.25) is 4.79 Å². The average molecular weight is 264 g/mol. The van der Waals surface area contributed by atoms with E-state index < -0.39 is 0 Å². The number of nitrogen functional groups attached to an aromatic ring is 1. The van der Waals surface area contributed by atoms with Gasteiger partial charge in [0, 0.05) is 45.6 Å². The Balaban J connectivity index is 2.94. The second-order valence-electron chi connectivity index (χ2n) is 5.20. The van der Waals surface area contributed by atoms with E-state index in [1.54, 1.807) is 11.0 Å². The third kappa shape index (κ3) is 4.13. The molecule has 0 aliphatic carbocycles. The largest absolute Gasteiger partial charge is 0.399 e. The number of nitrogens with zero attached hydrogens (tertiary/aromatic N) is 3. The van der Waals surface area contributed by atoms with Crippen molar-refractivity contribution in [3.05, 3.63) is 23.8 Å². The number of hydrogen-bond acceptors (Lipinski definition) is 4. The van der Waals surface area contributed by atoms with Crippen LogP contribution in [0.3, 0.4) is 0 Å². The lowest BCUT2D eigenvalue weighted by Crippen LogP contribution is -2.34. The number of nitrogens with two attached hydrogens (primary N) is 1. The van der Waals surface area contributed by atoms with Gasteiger partial charge in [-0.1, -0.05) is 0 Å². The van der Waals surface area contributed by atoms with Gasteiger partial charge in [0.25, 0.3) is 5.91 Å². The van der Waals surface area contributed by atoms with E-state index in [0.717, 1.165) is 12.2 Å². The number of hydrogen-bond donors (Lipinski definition) is 1. The van der Waals surface area contributed by atoms with Crippen molar-refractivity contribution in [2.75, 3.05) is 59.0 Å². The summed E-state index contributed by atoms with van der Waals surface area (Å²) in [7, 11) is 9.63. The third-order valence-corrected chi connectivity index (χ3v) is 2.96. The fraction of sp³-hybridized carbons (Fsp3) is 0.500. The van der Waals surface area contributed by atoms with E-state index in [2.05, 4.69) is 4.90 Å². The first kappa shape index (κ1) is 15.3. The van der Waals surface area contributed by atoms with Gasteiger partial charge in [-0.05, 0) is 32.3 Å². The fourth-order valence-corrected chi connectivity index (χ4v) is 1.77. The number of carbonyl (C=O) groups is 1. The lowest BCUT2D eigenvalue weighted by Gasteiger charge is -2.23. The Labute approximate surface area is 115 Å². The van der Waals surface area contributed by atoms with E-state index in [4.69, 9.17) is 5.73 Å². The molecule has 0 unspecified atom stereocenters. The number of rotatable bonds is 5. The predicted molar refractivity (Wildman–Crippen MR) is 80.7 cm³/mol. The molecule has 0 aliphatic rings. The zero-order chi connectivity index (χ0) is 14.6. The van der Waals surface area contributed by atoms with Crippen molar-refractivity contribution in [1.82, 2.24) is 9.80 Å². The highest BCUT2D eigenvalue weighted by Gasteiger charge is 2.17. The lowest BCUT2D eigenvalue weighted by atomic mass is 10.1. The van der Waals surface area contributed by atoms with Gasteiger partial charge in [0.15, 0.2) is 0 Å². The number of likely N-dealkylation sites (N-methyl/N-ethyl adjacent to an activating group) is 2. The zero-order valence-corrected chi connectivity index (χ0v) is 12.5. The summed E-state index contributed by atoms with van der Waals surface area (Å²) in [5, 5.41) is 0. The van der Waals surface area contributed by atoms with Crippen LogP contribution in [0, 0.1) is 0 Å². The monoisotopic (exact) mass is 264 g/mol. The average Bonchev–Trinajstić information content (AvgIpc) is 2.34. The molecule has 0 heterocycles. The summed E-state index contributed by atoms with van der Waals surface area (Å²) < 4.78 is 0. The minimum absolute atomic E-state index is 0.00199. The van der Waals surface area contributed by atoms with E-state index in [-0.39, 0.29) is 5.91 Å². The smallest absolute Gasteiger partial charge is 0.255 e. The van der Waals surface area contributed by atoms with Crippen LogP contribution < -0.4 is 10.6 Å². The Morgan fingerprint density at radius 3 is 2.26 bits per heavy atom. The second kappa shape index (κ2) is 6.43. The molecule has 0 radical (unpaired) electrons. The van der Waals surface area contributed by atoms with Gasteiger partial charge >= 0.3 is 0 Å². The summed E-state index contributed by atoms with van der Waals surface area (Å²) >= 11 is 0. The fourth-order valence-electron chi connectivity index (χ4n) is 1.77. The van der Waals surface area contributed by atoms with Gasteiger partial charge in [-0.25, -0.2) is 0 Å². The van der Waals surface area contributed by atoms with Crippen molar-refractivity contribution >= 4 is 17.3 Å². The van der Waals surface area contributed by atoms with E-state index in [0.29, 0.717) is 17.8 Å². The molecule has 106 valence electrons. The van der Waals surface area contributed by atoms with Gasteiger partial charge in [-0.15, -0.1) is 0 Å². The van der Waals surface area contributed by atoms with Crippen LogP contribution in [0.1, 0.15) is 10.4 Å². The van der Waals surface area contributed by atoms with Gasteiger partial charge in [0.2, 0.25) is 0 Å². The summed E-state index contributed by atoms with van der Waals surface area (Å²) in [6, 6.07) is 5.43. The molecule has 1 rings (SSSR count). The molecule has 0 bridgehead atoms. The summed E-state index contributed by atoms with van der Waals surface area (Å²) in [6.07, 6.45) is 0. The molecule has 19 heavy (non-hydrogen) atoms. The number of benzene rings is 1. The molecule has 5 nitrogen and oxygen atoms in total. The van der Waals surface area contributed by atoms with Crippen LogP contribution in [0.4, 0.5) is 11.4 Å². The molecule has 0 spiro atoms. The maximum Gasteiger partial charge on any atom is 0.255 e. The molecular formula is C14H24N4O. The maximum absolute atomic E-state index is 12.5. The molecule has 0 saturated heterocycles. The first-order valence-electron chi connectivity index (χ1n) is 6.30. The standard InChI is InChI=1S/C14H24N4O/c1-16(2)8-9-18(5)14(19)12-10-11(15)6-7-13(12)17(3)4/h6-7,10H,8-9,15H2,1-5H3. The summed E-state index contributed by atoms with van der Waals surface area (Å²) in [4.78, 5) is 18.2. The molecule has 2 N–H and O–H groups in total. The first-order valence-corrected chi connectivity index (χ1v) is 6.30.